The average molecular weight is 193 g/mol. The van der Waals surface area contributed by atoms with Crippen molar-refractivity contribution >= 4 is 17.7 Å². The smallest absolute Gasteiger partial charge is 0.234 e. The van der Waals surface area contributed by atoms with Crippen LogP contribution in [-0.4, -0.2) is 10.7 Å². The van der Waals surface area contributed by atoms with Crippen molar-refractivity contribution in [3.8, 4) is 0 Å². The first-order valence-electron chi connectivity index (χ1n) is 4.27. The molecule has 68 valence electrons. The standard InChI is InChI=1S/C10H11NOS/c11-9(12)10(6-7-10)13-8-4-2-1-3-5-8/h1-5H,6-7H2,(H2,11,12). The Morgan fingerprint density at radius 3 is 2.38 bits per heavy atom. The topological polar surface area (TPSA) is 43.1 Å². The lowest BCUT2D eigenvalue weighted by atomic mass is 10.4. The van der Waals surface area contributed by atoms with Gasteiger partial charge in [-0.3, -0.25) is 4.79 Å². The summed E-state index contributed by atoms with van der Waals surface area (Å²) < 4.78 is -0.290. The molecule has 1 aliphatic carbocycles. The van der Waals surface area contributed by atoms with Crippen LogP contribution in [0.15, 0.2) is 35.2 Å². The highest BCUT2D eigenvalue weighted by Gasteiger charge is 2.49. The molecule has 1 amide bonds. The van der Waals surface area contributed by atoms with Crippen LogP contribution in [0, 0.1) is 0 Å². The summed E-state index contributed by atoms with van der Waals surface area (Å²) in [6.07, 6.45) is 1.84. The highest BCUT2D eigenvalue weighted by molar-refractivity contribution is 8.01. The Bertz CT molecular complexity index is 319. The lowest BCUT2D eigenvalue weighted by Gasteiger charge is -2.09. The van der Waals surface area contributed by atoms with Gasteiger partial charge in [-0.1, -0.05) is 18.2 Å². The van der Waals surface area contributed by atoms with Gasteiger partial charge in [-0.2, -0.15) is 0 Å². The second-order valence-corrected chi connectivity index (χ2v) is 4.73. The molecule has 2 N–H and O–H groups in total. The minimum atomic E-state index is -0.290. The molecule has 13 heavy (non-hydrogen) atoms. The van der Waals surface area contributed by atoms with Gasteiger partial charge in [-0.15, -0.1) is 11.8 Å². The molecule has 0 aliphatic heterocycles. The molecule has 0 atom stereocenters. The first-order valence-corrected chi connectivity index (χ1v) is 5.09. The van der Waals surface area contributed by atoms with Crippen molar-refractivity contribution in [2.45, 2.75) is 22.5 Å². The molecule has 2 nitrogen and oxygen atoms in total. The van der Waals surface area contributed by atoms with Crippen LogP contribution in [0.4, 0.5) is 0 Å². The Morgan fingerprint density at radius 1 is 1.31 bits per heavy atom. The van der Waals surface area contributed by atoms with Gasteiger partial charge in [0.15, 0.2) is 0 Å². The molecule has 1 aromatic rings. The van der Waals surface area contributed by atoms with Gasteiger partial charge in [0.25, 0.3) is 0 Å². The molecule has 1 aliphatic rings. The van der Waals surface area contributed by atoms with Crippen molar-refractivity contribution in [3.05, 3.63) is 30.3 Å². The van der Waals surface area contributed by atoms with E-state index in [-0.39, 0.29) is 10.7 Å². The maximum atomic E-state index is 11.1. The van der Waals surface area contributed by atoms with E-state index in [0.717, 1.165) is 17.7 Å². The number of hydrogen-bond donors (Lipinski definition) is 1. The van der Waals surface area contributed by atoms with Gasteiger partial charge in [0.1, 0.15) is 0 Å². The lowest BCUT2D eigenvalue weighted by Crippen LogP contribution is -2.27. The largest absolute Gasteiger partial charge is 0.368 e. The normalized spacial score (nSPS) is 18.2. The molecule has 0 saturated heterocycles. The second-order valence-electron chi connectivity index (χ2n) is 3.27. The lowest BCUT2D eigenvalue weighted by molar-refractivity contribution is -0.118. The highest BCUT2D eigenvalue weighted by Crippen LogP contribution is 2.51. The Balaban J connectivity index is 2.11. The summed E-state index contributed by atoms with van der Waals surface area (Å²) in [5.74, 6) is -0.179. The number of nitrogens with two attached hydrogens (primary N) is 1. The van der Waals surface area contributed by atoms with E-state index < -0.39 is 0 Å². The number of primary amides is 1. The number of carbonyl (C=O) groups is 1. The summed E-state index contributed by atoms with van der Waals surface area (Å²) in [6, 6.07) is 9.92. The van der Waals surface area contributed by atoms with Crippen LogP contribution in [0.25, 0.3) is 0 Å². The molecule has 0 radical (unpaired) electrons. The Morgan fingerprint density at radius 2 is 1.92 bits per heavy atom. The number of hydrogen-bond acceptors (Lipinski definition) is 2. The van der Waals surface area contributed by atoms with Crippen LogP contribution in [0.2, 0.25) is 0 Å². The van der Waals surface area contributed by atoms with Crippen molar-refractivity contribution < 1.29 is 4.79 Å². The maximum absolute atomic E-state index is 11.1. The zero-order chi connectivity index (χ0) is 9.31. The molecular weight excluding hydrogens is 182 g/mol. The van der Waals surface area contributed by atoms with Gasteiger partial charge >= 0.3 is 0 Å². The van der Waals surface area contributed by atoms with Crippen molar-refractivity contribution in [3.63, 3.8) is 0 Å². The molecule has 0 heterocycles. The Kier molecular flexibility index (Phi) is 2.04. The molecule has 1 aromatic carbocycles. The van der Waals surface area contributed by atoms with E-state index in [1.807, 2.05) is 30.3 Å². The van der Waals surface area contributed by atoms with E-state index in [0.29, 0.717) is 0 Å². The van der Waals surface area contributed by atoms with Crippen molar-refractivity contribution in [1.29, 1.82) is 0 Å². The minimum Gasteiger partial charge on any atom is -0.368 e. The second kappa shape index (κ2) is 3.07. The van der Waals surface area contributed by atoms with Gasteiger partial charge in [-0.05, 0) is 25.0 Å². The minimum absolute atomic E-state index is 0.179. The van der Waals surface area contributed by atoms with E-state index in [1.165, 1.54) is 0 Å². The van der Waals surface area contributed by atoms with Gasteiger partial charge in [-0.25, -0.2) is 0 Å². The maximum Gasteiger partial charge on any atom is 0.234 e. The monoisotopic (exact) mass is 193 g/mol. The zero-order valence-corrected chi connectivity index (χ0v) is 8.01. The third-order valence-corrected chi connectivity index (χ3v) is 3.72. The van der Waals surface area contributed by atoms with Crippen molar-refractivity contribution in [2.24, 2.45) is 5.73 Å². The molecule has 0 bridgehead atoms. The number of rotatable bonds is 3. The molecular formula is C10H11NOS. The van der Waals surface area contributed by atoms with E-state index in [9.17, 15) is 4.79 Å². The molecule has 1 saturated carbocycles. The number of benzene rings is 1. The van der Waals surface area contributed by atoms with Crippen molar-refractivity contribution in [1.82, 2.24) is 0 Å². The van der Waals surface area contributed by atoms with Crippen molar-refractivity contribution in [2.75, 3.05) is 0 Å². The van der Waals surface area contributed by atoms with Crippen LogP contribution in [-0.2, 0) is 4.79 Å². The van der Waals surface area contributed by atoms with Gasteiger partial charge in [0, 0.05) is 4.90 Å². The summed E-state index contributed by atoms with van der Waals surface area (Å²) in [4.78, 5) is 12.2. The summed E-state index contributed by atoms with van der Waals surface area (Å²) in [7, 11) is 0. The van der Waals surface area contributed by atoms with Gasteiger partial charge < -0.3 is 5.73 Å². The van der Waals surface area contributed by atoms with E-state index >= 15 is 0 Å². The van der Waals surface area contributed by atoms with Crippen LogP contribution in [0.3, 0.4) is 0 Å². The fourth-order valence-corrected chi connectivity index (χ4v) is 2.38. The molecule has 1 fully saturated rings. The molecule has 0 spiro atoms. The number of amides is 1. The first-order chi connectivity index (χ1) is 6.23. The first kappa shape index (κ1) is 8.63. The Hall–Kier alpha value is -0.960. The van der Waals surface area contributed by atoms with Crippen LogP contribution < -0.4 is 5.73 Å². The van der Waals surface area contributed by atoms with E-state index in [1.54, 1.807) is 11.8 Å². The SMILES string of the molecule is NC(=O)C1(Sc2ccccc2)CC1. The van der Waals surface area contributed by atoms with Gasteiger partial charge in [0.05, 0.1) is 4.75 Å². The number of thioether (sulfide) groups is 1. The fourth-order valence-electron chi connectivity index (χ4n) is 1.23. The summed E-state index contributed by atoms with van der Waals surface area (Å²) in [6.45, 7) is 0. The van der Waals surface area contributed by atoms with E-state index in [4.69, 9.17) is 5.73 Å². The van der Waals surface area contributed by atoms with Gasteiger partial charge in [0.2, 0.25) is 5.91 Å². The molecule has 3 heteroatoms. The van der Waals surface area contributed by atoms with E-state index in [2.05, 4.69) is 0 Å². The average Bonchev–Trinajstić information content (AvgIpc) is 2.87. The third-order valence-electron chi connectivity index (χ3n) is 2.21. The summed E-state index contributed by atoms with van der Waals surface area (Å²) in [5.41, 5.74) is 5.32. The quantitative estimate of drug-likeness (QED) is 0.795. The summed E-state index contributed by atoms with van der Waals surface area (Å²) in [5, 5.41) is 0. The predicted molar refractivity (Wildman–Crippen MR) is 53.5 cm³/mol. The predicted octanol–water partition coefficient (Wildman–Crippen LogP) is 1.80. The molecule has 2 rings (SSSR count). The molecule has 0 aromatic heterocycles. The molecule has 0 unspecified atom stereocenters. The van der Waals surface area contributed by atoms with Crippen LogP contribution >= 0.6 is 11.8 Å². The van der Waals surface area contributed by atoms with Crippen LogP contribution in [0.1, 0.15) is 12.8 Å². The Labute approximate surface area is 81.5 Å². The fraction of sp³-hybridized carbons (Fsp3) is 0.300. The van der Waals surface area contributed by atoms with Crippen LogP contribution in [0.5, 0.6) is 0 Å². The zero-order valence-electron chi connectivity index (χ0n) is 7.19. The number of carbonyl (C=O) groups excluding carboxylic acids is 1. The highest BCUT2D eigenvalue weighted by atomic mass is 32.2. The summed E-state index contributed by atoms with van der Waals surface area (Å²) >= 11 is 1.59. The third kappa shape index (κ3) is 1.70.